The van der Waals surface area contributed by atoms with Gasteiger partial charge in [0.05, 0.1) is 12.6 Å². The molecule has 1 fully saturated rings. The minimum atomic E-state index is -0.152. The Bertz CT molecular complexity index is 588. The molecule has 2 aliphatic rings. The number of hydrogen-bond acceptors (Lipinski definition) is 4. The van der Waals surface area contributed by atoms with Gasteiger partial charge >= 0.3 is 0 Å². The minimum absolute atomic E-state index is 0.0575. The molecular formula is C16H20N2O4. The van der Waals surface area contributed by atoms with E-state index in [0.717, 1.165) is 17.7 Å². The molecular weight excluding hydrogens is 284 g/mol. The summed E-state index contributed by atoms with van der Waals surface area (Å²) in [6.07, 6.45) is 1.38. The average Bonchev–Trinajstić information content (AvgIpc) is 2.91. The van der Waals surface area contributed by atoms with E-state index < -0.39 is 0 Å². The third kappa shape index (κ3) is 3.16. The number of amides is 2. The second-order valence-corrected chi connectivity index (χ2v) is 5.61. The largest absolute Gasteiger partial charge is 0.486 e. The molecule has 0 radical (unpaired) electrons. The van der Waals surface area contributed by atoms with Gasteiger partial charge in [0.2, 0.25) is 11.8 Å². The molecule has 0 aliphatic carbocycles. The van der Waals surface area contributed by atoms with Crippen LogP contribution in [0.2, 0.25) is 0 Å². The van der Waals surface area contributed by atoms with Crippen LogP contribution in [0.15, 0.2) is 18.2 Å². The monoisotopic (exact) mass is 304 g/mol. The van der Waals surface area contributed by atoms with E-state index in [1.54, 1.807) is 4.90 Å². The lowest BCUT2D eigenvalue weighted by Gasteiger charge is -2.22. The van der Waals surface area contributed by atoms with Gasteiger partial charge in [-0.05, 0) is 31.0 Å². The molecule has 6 nitrogen and oxygen atoms in total. The first-order valence-corrected chi connectivity index (χ1v) is 7.60. The summed E-state index contributed by atoms with van der Waals surface area (Å²) >= 11 is 0. The number of nitrogens with one attached hydrogen (secondary N) is 1. The van der Waals surface area contributed by atoms with Crippen LogP contribution in [-0.2, 0) is 9.59 Å². The molecule has 6 heteroatoms. The zero-order valence-electron chi connectivity index (χ0n) is 12.6. The second kappa shape index (κ2) is 6.25. The van der Waals surface area contributed by atoms with E-state index in [1.165, 1.54) is 0 Å². The smallest absolute Gasteiger partial charge is 0.240 e. The molecule has 3 rings (SSSR count). The van der Waals surface area contributed by atoms with E-state index in [-0.39, 0.29) is 24.4 Å². The molecule has 1 aromatic carbocycles. The first-order valence-electron chi connectivity index (χ1n) is 7.60. The van der Waals surface area contributed by atoms with Crippen molar-refractivity contribution in [2.24, 2.45) is 0 Å². The molecule has 1 atom stereocenters. The predicted molar refractivity (Wildman–Crippen MR) is 79.8 cm³/mol. The molecule has 22 heavy (non-hydrogen) atoms. The maximum absolute atomic E-state index is 12.1. The second-order valence-electron chi connectivity index (χ2n) is 5.61. The summed E-state index contributed by atoms with van der Waals surface area (Å²) in [5.41, 5.74) is 0.949. The fraction of sp³-hybridized carbons (Fsp3) is 0.500. The summed E-state index contributed by atoms with van der Waals surface area (Å²) in [5.74, 6) is 1.36. The van der Waals surface area contributed by atoms with Gasteiger partial charge in [0.15, 0.2) is 11.5 Å². The molecule has 1 aromatic rings. The van der Waals surface area contributed by atoms with E-state index in [1.807, 2.05) is 25.1 Å². The molecule has 0 saturated carbocycles. The fourth-order valence-corrected chi connectivity index (χ4v) is 2.74. The Hall–Kier alpha value is -2.24. The maximum Gasteiger partial charge on any atom is 0.240 e. The summed E-state index contributed by atoms with van der Waals surface area (Å²) in [4.78, 5) is 25.2. The van der Waals surface area contributed by atoms with Gasteiger partial charge in [-0.25, -0.2) is 0 Å². The molecule has 0 unspecified atom stereocenters. The molecule has 0 spiro atoms. The first kappa shape index (κ1) is 14.7. The predicted octanol–water partition coefficient (Wildman–Crippen LogP) is 1.26. The third-order valence-electron chi connectivity index (χ3n) is 3.95. The molecule has 2 amide bonds. The lowest BCUT2D eigenvalue weighted by atomic mass is 10.1. The Morgan fingerprint density at radius 2 is 2.09 bits per heavy atom. The van der Waals surface area contributed by atoms with Crippen LogP contribution >= 0.6 is 0 Å². The van der Waals surface area contributed by atoms with Crippen molar-refractivity contribution in [3.63, 3.8) is 0 Å². The van der Waals surface area contributed by atoms with E-state index in [4.69, 9.17) is 9.47 Å². The Morgan fingerprint density at radius 1 is 1.32 bits per heavy atom. The van der Waals surface area contributed by atoms with E-state index in [2.05, 4.69) is 5.32 Å². The van der Waals surface area contributed by atoms with Gasteiger partial charge in [-0.2, -0.15) is 0 Å². The number of hydrogen-bond donors (Lipinski definition) is 1. The van der Waals surface area contributed by atoms with Gasteiger partial charge in [0, 0.05) is 13.0 Å². The topological polar surface area (TPSA) is 67.9 Å². The summed E-state index contributed by atoms with van der Waals surface area (Å²) in [5, 5.41) is 2.92. The van der Waals surface area contributed by atoms with Gasteiger partial charge in [0.1, 0.15) is 13.2 Å². The van der Waals surface area contributed by atoms with Crippen molar-refractivity contribution in [2.45, 2.75) is 25.8 Å². The van der Waals surface area contributed by atoms with Crippen molar-refractivity contribution in [1.29, 1.82) is 0 Å². The van der Waals surface area contributed by atoms with Crippen LogP contribution in [0.5, 0.6) is 11.5 Å². The molecule has 1 saturated heterocycles. The maximum atomic E-state index is 12.1. The SMILES string of the molecule is C[C@H](NC(=O)CN1CCCC1=O)c1ccc2c(c1)OCCO2. The lowest BCUT2D eigenvalue weighted by Crippen LogP contribution is -2.38. The van der Waals surface area contributed by atoms with Crippen molar-refractivity contribution < 1.29 is 19.1 Å². The average molecular weight is 304 g/mol. The fourth-order valence-electron chi connectivity index (χ4n) is 2.74. The van der Waals surface area contributed by atoms with E-state index in [9.17, 15) is 9.59 Å². The van der Waals surface area contributed by atoms with Crippen molar-refractivity contribution >= 4 is 11.8 Å². The number of carbonyl (C=O) groups is 2. The lowest BCUT2D eigenvalue weighted by molar-refractivity contribution is -0.133. The summed E-state index contributed by atoms with van der Waals surface area (Å²) in [7, 11) is 0. The zero-order chi connectivity index (χ0) is 15.5. The van der Waals surface area contributed by atoms with Crippen LogP contribution in [0, 0.1) is 0 Å². The van der Waals surface area contributed by atoms with Crippen molar-refractivity contribution in [1.82, 2.24) is 10.2 Å². The summed E-state index contributed by atoms with van der Waals surface area (Å²) < 4.78 is 11.0. The number of nitrogens with zero attached hydrogens (tertiary/aromatic N) is 1. The van der Waals surface area contributed by atoms with Crippen LogP contribution in [-0.4, -0.2) is 43.0 Å². The minimum Gasteiger partial charge on any atom is -0.486 e. The highest BCUT2D eigenvalue weighted by atomic mass is 16.6. The molecule has 0 aromatic heterocycles. The number of rotatable bonds is 4. The number of likely N-dealkylation sites (tertiary alicyclic amines) is 1. The van der Waals surface area contributed by atoms with Crippen LogP contribution in [0.4, 0.5) is 0 Å². The molecule has 2 aliphatic heterocycles. The quantitative estimate of drug-likeness (QED) is 0.909. The van der Waals surface area contributed by atoms with Crippen LogP contribution < -0.4 is 14.8 Å². The van der Waals surface area contributed by atoms with Crippen molar-refractivity contribution in [3.8, 4) is 11.5 Å². The highest BCUT2D eigenvalue weighted by molar-refractivity contribution is 5.86. The van der Waals surface area contributed by atoms with E-state index >= 15 is 0 Å². The Kier molecular flexibility index (Phi) is 4.18. The van der Waals surface area contributed by atoms with Gasteiger partial charge in [-0.3, -0.25) is 9.59 Å². The zero-order valence-corrected chi connectivity index (χ0v) is 12.6. The molecule has 2 heterocycles. The number of carbonyl (C=O) groups excluding carboxylic acids is 2. The Morgan fingerprint density at radius 3 is 2.82 bits per heavy atom. The first-order chi connectivity index (χ1) is 10.6. The number of ether oxygens (including phenoxy) is 2. The van der Waals surface area contributed by atoms with E-state index in [0.29, 0.717) is 31.9 Å². The van der Waals surface area contributed by atoms with Gasteiger partial charge in [-0.1, -0.05) is 6.07 Å². The highest BCUT2D eigenvalue weighted by Gasteiger charge is 2.23. The van der Waals surface area contributed by atoms with Crippen LogP contribution in [0.25, 0.3) is 0 Å². The van der Waals surface area contributed by atoms with Gasteiger partial charge in [0.25, 0.3) is 0 Å². The van der Waals surface area contributed by atoms with Gasteiger partial charge in [-0.15, -0.1) is 0 Å². The molecule has 118 valence electrons. The normalized spacial score (nSPS) is 18.2. The van der Waals surface area contributed by atoms with Crippen LogP contribution in [0.3, 0.4) is 0 Å². The summed E-state index contributed by atoms with van der Waals surface area (Å²) in [6.45, 7) is 3.81. The summed E-state index contributed by atoms with van der Waals surface area (Å²) in [6, 6.07) is 5.51. The van der Waals surface area contributed by atoms with Crippen molar-refractivity contribution in [3.05, 3.63) is 23.8 Å². The van der Waals surface area contributed by atoms with Crippen molar-refractivity contribution in [2.75, 3.05) is 26.3 Å². The Labute approximate surface area is 129 Å². The third-order valence-corrected chi connectivity index (χ3v) is 3.95. The standard InChI is InChI=1S/C16H20N2O4/c1-11(17-15(19)10-18-6-2-3-16(18)20)12-4-5-13-14(9-12)22-8-7-21-13/h4-5,9,11H,2-3,6-8,10H2,1H3,(H,17,19)/t11-/m0/s1. The highest BCUT2D eigenvalue weighted by Crippen LogP contribution is 2.32. The molecule has 0 bridgehead atoms. The number of fused-ring (bicyclic) bond motifs is 1. The van der Waals surface area contributed by atoms with Crippen LogP contribution in [0.1, 0.15) is 31.4 Å². The van der Waals surface area contributed by atoms with Gasteiger partial charge < -0.3 is 19.7 Å². The number of benzene rings is 1. The molecule has 1 N–H and O–H groups in total. The Balaban J connectivity index is 1.60.